The Balaban J connectivity index is 2.23. The van der Waals surface area contributed by atoms with Gasteiger partial charge in [-0.25, -0.2) is 8.78 Å². The van der Waals surface area contributed by atoms with Crippen LogP contribution < -0.4 is 0 Å². The van der Waals surface area contributed by atoms with Crippen LogP contribution in [0.3, 0.4) is 0 Å². The molecule has 1 amide bonds. The largest absolute Gasteiger partial charge is 0.335 e. The van der Waals surface area contributed by atoms with Crippen LogP contribution in [0.1, 0.15) is 24.9 Å². The van der Waals surface area contributed by atoms with Crippen LogP contribution in [0.2, 0.25) is 0 Å². The molecule has 96 valence electrons. The second-order valence-electron chi connectivity index (χ2n) is 4.59. The molecule has 0 saturated carbocycles. The molecule has 1 aromatic rings. The lowest BCUT2D eigenvalue weighted by atomic mass is 10.1. The molecule has 0 N–H and O–H groups in total. The van der Waals surface area contributed by atoms with Crippen molar-refractivity contribution in [1.82, 2.24) is 4.90 Å². The summed E-state index contributed by atoms with van der Waals surface area (Å²) in [5.41, 5.74) is 0.342. The van der Waals surface area contributed by atoms with E-state index in [0.29, 0.717) is 18.5 Å². The third-order valence-corrected chi connectivity index (χ3v) is 3.40. The molecule has 2 atom stereocenters. The van der Waals surface area contributed by atoms with E-state index in [0.717, 1.165) is 6.07 Å². The lowest BCUT2D eigenvalue weighted by molar-refractivity contribution is -0.129. The molecule has 1 aromatic carbocycles. The summed E-state index contributed by atoms with van der Waals surface area (Å²) in [6.07, 6.45) is 2.16. The van der Waals surface area contributed by atoms with Gasteiger partial charge in [-0.05, 0) is 13.0 Å². The van der Waals surface area contributed by atoms with Gasteiger partial charge in [0.25, 0.3) is 0 Å². The molecular formula is C14H15F2NO. The first kappa shape index (κ1) is 12.7. The molecule has 0 bridgehead atoms. The molecule has 2 unspecified atom stereocenters. The number of carbonyl (C=O) groups is 1. The Hall–Kier alpha value is -1.71. The van der Waals surface area contributed by atoms with Gasteiger partial charge in [0, 0.05) is 30.5 Å². The van der Waals surface area contributed by atoms with Crippen LogP contribution in [0.15, 0.2) is 30.9 Å². The predicted octanol–water partition coefficient (Wildman–Crippen LogP) is 3.06. The van der Waals surface area contributed by atoms with Crippen LogP contribution >= 0.6 is 0 Å². The number of hydrogen-bond acceptors (Lipinski definition) is 1. The van der Waals surface area contributed by atoms with Crippen LogP contribution in [0, 0.1) is 17.6 Å². The average molecular weight is 251 g/mol. The van der Waals surface area contributed by atoms with Crippen molar-refractivity contribution >= 4 is 5.91 Å². The Bertz CT molecular complexity index is 487. The molecule has 1 aliphatic rings. The second kappa shape index (κ2) is 4.88. The summed E-state index contributed by atoms with van der Waals surface area (Å²) >= 11 is 0. The summed E-state index contributed by atoms with van der Waals surface area (Å²) < 4.78 is 26.5. The Kier molecular flexibility index (Phi) is 3.45. The predicted molar refractivity (Wildman–Crippen MR) is 64.8 cm³/mol. The maximum atomic E-state index is 13.7. The second-order valence-corrected chi connectivity index (χ2v) is 4.59. The fourth-order valence-corrected chi connectivity index (χ4v) is 2.30. The first-order valence-corrected chi connectivity index (χ1v) is 5.90. The van der Waals surface area contributed by atoms with Crippen LogP contribution in [0.5, 0.6) is 0 Å². The molecule has 1 saturated heterocycles. The number of rotatable bonds is 3. The molecule has 18 heavy (non-hydrogen) atoms. The third kappa shape index (κ3) is 2.28. The number of likely N-dealkylation sites (tertiary alicyclic amines) is 1. The smallest absolute Gasteiger partial charge is 0.223 e. The number of halogens is 2. The zero-order valence-corrected chi connectivity index (χ0v) is 10.2. The summed E-state index contributed by atoms with van der Waals surface area (Å²) in [4.78, 5) is 13.4. The minimum atomic E-state index is -0.614. The van der Waals surface area contributed by atoms with E-state index < -0.39 is 11.6 Å². The van der Waals surface area contributed by atoms with E-state index in [-0.39, 0.29) is 17.9 Å². The van der Waals surface area contributed by atoms with Gasteiger partial charge in [0.05, 0.1) is 6.04 Å². The van der Waals surface area contributed by atoms with Crippen LogP contribution in [-0.4, -0.2) is 17.4 Å². The van der Waals surface area contributed by atoms with Crippen molar-refractivity contribution in [2.75, 3.05) is 6.54 Å². The number of amides is 1. The van der Waals surface area contributed by atoms with E-state index in [1.54, 1.807) is 17.9 Å². The molecule has 0 radical (unpaired) electrons. The van der Waals surface area contributed by atoms with E-state index in [1.165, 1.54) is 12.1 Å². The zero-order valence-electron chi connectivity index (χ0n) is 10.2. The maximum absolute atomic E-state index is 13.7. The van der Waals surface area contributed by atoms with Crippen LogP contribution in [0.4, 0.5) is 8.78 Å². The highest BCUT2D eigenvalue weighted by Crippen LogP contribution is 2.30. The summed E-state index contributed by atoms with van der Waals surface area (Å²) in [5.74, 6) is -1.13. The van der Waals surface area contributed by atoms with Gasteiger partial charge >= 0.3 is 0 Å². The Morgan fingerprint density at radius 2 is 2.22 bits per heavy atom. The van der Waals surface area contributed by atoms with Crippen molar-refractivity contribution in [3.8, 4) is 0 Å². The van der Waals surface area contributed by atoms with Crippen LogP contribution in [-0.2, 0) is 4.79 Å². The van der Waals surface area contributed by atoms with E-state index >= 15 is 0 Å². The summed E-state index contributed by atoms with van der Waals surface area (Å²) in [6.45, 7) is 5.96. The van der Waals surface area contributed by atoms with Gasteiger partial charge in [-0.15, -0.1) is 6.58 Å². The highest BCUT2D eigenvalue weighted by atomic mass is 19.1. The molecule has 0 aromatic heterocycles. The molecule has 1 heterocycles. The van der Waals surface area contributed by atoms with Crippen LogP contribution in [0.25, 0.3) is 0 Å². The van der Waals surface area contributed by atoms with E-state index in [1.807, 2.05) is 0 Å². The molecule has 0 spiro atoms. The fourth-order valence-electron chi connectivity index (χ4n) is 2.30. The first-order valence-electron chi connectivity index (χ1n) is 5.90. The molecular weight excluding hydrogens is 236 g/mol. The lowest BCUT2D eigenvalue weighted by Gasteiger charge is -2.25. The summed E-state index contributed by atoms with van der Waals surface area (Å²) in [5, 5.41) is 0. The molecule has 2 nitrogen and oxygen atoms in total. The quantitative estimate of drug-likeness (QED) is 0.756. The first-order chi connectivity index (χ1) is 8.52. The average Bonchev–Trinajstić information content (AvgIpc) is 2.70. The maximum Gasteiger partial charge on any atom is 0.223 e. The molecule has 1 fully saturated rings. The molecule has 2 rings (SSSR count). The van der Waals surface area contributed by atoms with Gasteiger partial charge in [-0.1, -0.05) is 12.1 Å². The van der Waals surface area contributed by atoms with Gasteiger partial charge < -0.3 is 4.90 Å². The standard InChI is InChI=1S/C14H15F2NO/c1-3-10-6-14(18)17(8-10)9(2)12-5-4-11(15)7-13(12)16/h3-5,7,9-10H,1,6,8H2,2H3. The Morgan fingerprint density at radius 1 is 1.50 bits per heavy atom. The lowest BCUT2D eigenvalue weighted by Crippen LogP contribution is -2.29. The number of benzene rings is 1. The van der Waals surface area contributed by atoms with E-state index in [2.05, 4.69) is 6.58 Å². The van der Waals surface area contributed by atoms with Crippen molar-refractivity contribution in [3.05, 3.63) is 48.1 Å². The SMILES string of the molecule is C=CC1CC(=O)N(C(C)c2ccc(F)cc2F)C1. The zero-order chi connectivity index (χ0) is 13.3. The molecule has 4 heteroatoms. The van der Waals surface area contributed by atoms with Crippen molar-refractivity contribution in [2.24, 2.45) is 5.92 Å². The van der Waals surface area contributed by atoms with Gasteiger partial charge in [0.15, 0.2) is 0 Å². The highest BCUT2D eigenvalue weighted by Gasteiger charge is 2.32. The van der Waals surface area contributed by atoms with Crippen molar-refractivity contribution in [1.29, 1.82) is 0 Å². The topological polar surface area (TPSA) is 20.3 Å². The molecule has 0 aliphatic carbocycles. The third-order valence-electron chi connectivity index (χ3n) is 3.40. The number of nitrogens with zero attached hydrogens (tertiary/aromatic N) is 1. The molecule has 1 aliphatic heterocycles. The minimum absolute atomic E-state index is 0.0175. The number of hydrogen-bond donors (Lipinski definition) is 0. The summed E-state index contributed by atoms with van der Waals surface area (Å²) in [6, 6.07) is 3.06. The van der Waals surface area contributed by atoms with E-state index in [4.69, 9.17) is 0 Å². The van der Waals surface area contributed by atoms with E-state index in [9.17, 15) is 13.6 Å². The van der Waals surface area contributed by atoms with Gasteiger partial charge in [-0.3, -0.25) is 4.79 Å². The normalized spacial score (nSPS) is 21.2. The minimum Gasteiger partial charge on any atom is -0.335 e. The fraction of sp³-hybridized carbons (Fsp3) is 0.357. The van der Waals surface area contributed by atoms with Crippen molar-refractivity contribution in [3.63, 3.8) is 0 Å². The Labute approximate surface area is 105 Å². The monoisotopic (exact) mass is 251 g/mol. The number of carbonyl (C=O) groups excluding carboxylic acids is 1. The van der Waals surface area contributed by atoms with Gasteiger partial charge in [-0.2, -0.15) is 0 Å². The summed E-state index contributed by atoms with van der Waals surface area (Å²) in [7, 11) is 0. The van der Waals surface area contributed by atoms with Crippen molar-refractivity contribution < 1.29 is 13.6 Å². The van der Waals surface area contributed by atoms with Gasteiger partial charge in [0.2, 0.25) is 5.91 Å². The van der Waals surface area contributed by atoms with Crippen molar-refractivity contribution in [2.45, 2.75) is 19.4 Å². The highest BCUT2D eigenvalue weighted by molar-refractivity contribution is 5.79. The Morgan fingerprint density at radius 3 is 2.78 bits per heavy atom. The van der Waals surface area contributed by atoms with Gasteiger partial charge in [0.1, 0.15) is 11.6 Å².